The summed E-state index contributed by atoms with van der Waals surface area (Å²) in [6.45, 7) is 3.58. The van der Waals surface area contributed by atoms with Crippen molar-refractivity contribution in [1.82, 2.24) is 0 Å². The van der Waals surface area contributed by atoms with Gasteiger partial charge < -0.3 is 9.47 Å². The van der Waals surface area contributed by atoms with Gasteiger partial charge in [-0.2, -0.15) is 0 Å². The highest BCUT2D eigenvalue weighted by Gasteiger charge is 2.27. The van der Waals surface area contributed by atoms with Gasteiger partial charge >= 0.3 is 5.97 Å². The number of methoxy groups -OCH3 is 2. The van der Waals surface area contributed by atoms with Crippen molar-refractivity contribution in [2.75, 3.05) is 14.2 Å². The maximum Gasteiger partial charge on any atom is 0.331 e. The molecule has 1 aromatic carbocycles. The summed E-state index contributed by atoms with van der Waals surface area (Å²) in [6, 6.07) is 3.40. The third-order valence-corrected chi connectivity index (χ3v) is 3.02. The summed E-state index contributed by atoms with van der Waals surface area (Å²) in [5, 5.41) is -1.32. The monoisotopic (exact) mass is 270 g/mol. The van der Waals surface area contributed by atoms with Gasteiger partial charge in [-0.1, -0.05) is 0 Å². The lowest BCUT2D eigenvalue weighted by atomic mass is 9.99. The predicted molar refractivity (Wildman–Crippen MR) is 68.5 cm³/mol. The van der Waals surface area contributed by atoms with E-state index in [1.165, 1.54) is 7.11 Å². The van der Waals surface area contributed by atoms with Gasteiger partial charge in [0, 0.05) is 5.56 Å². The Kier molecular flexibility index (Phi) is 4.73. The van der Waals surface area contributed by atoms with Gasteiger partial charge in [-0.25, -0.2) is 4.79 Å². The molecule has 4 nitrogen and oxygen atoms in total. The number of aryl methyl sites for hydroxylation is 2. The summed E-state index contributed by atoms with van der Waals surface area (Å²) < 4.78 is 9.61. The zero-order valence-electron chi connectivity index (χ0n) is 10.7. The fourth-order valence-corrected chi connectivity index (χ4v) is 1.83. The van der Waals surface area contributed by atoms with E-state index in [9.17, 15) is 9.59 Å². The molecule has 0 amide bonds. The minimum atomic E-state index is -1.32. The number of carbonyl (C=O) groups excluding carboxylic acids is 2. The summed E-state index contributed by atoms with van der Waals surface area (Å²) in [5.41, 5.74) is 1.91. The predicted octanol–water partition coefficient (Wildman–Crippen LogP) is 2.28. The highest BCUT2D eigenvalue weighted by molar-refractivity contribution is 6.43. The molecule has 5 heteroatoms. The minimum absolute atomic E-state index is 0.402. The molecule has 1 rings (SSSR count). The van der Waals surface area contributed by atoms with Crippen LogP contribution in [0.15, 0.2) is 12.1 Å². The number of halogens is 1. The molecule has 0 aliphatic carbocycles. The third-order valence-electron chi connectivity index (χ3n) is 2.65. The summed E-state index contributed by atoms with van der Waals surface area (Å²) in [4.78, 5) is 23.3. The van der Waals surface area contributed by atoms with Crippen LogP contribution in [0.1, 0.15) is 21.5 Å². The van der Waals surface area contributed by atoms with Gasteiger partial charge in [0.05, 0.1) is 14.2 Å². The van der Waals surface area contributed by atoms with Crippen molar-refractivity contribution in [2.24, 2.45) is 0 Å². The number of carbonyl (C=O) groups is 2. The molecule has 1 aromatic rings. The van der Waals surface area contributed by atoms with E-state index < -0.39 is 17.1 Å². The number of hydrogen-bond acceptors (Lipinski definition) is 4. The highest BCUT2D eigenvalue weighted by Crippen LogP contribution is 2.24. The van der Waals surface area contributed by atoms with Crippen LogP contribution in [-0.2, 0) is 9.53 Å². The standard InChI is InChI=1S/C13H15ClO4/c1-7-6-10(17-3)8(2)5-9(7)12(15)11(14)13(16)18-4/h5-6,11H,1-4H3. The van der Waals surface area contributed by atoms with Crippen LogP contribution in [0, 0.1) is 13.8 Å². The second kappa shape index (κ2) is 5.87. The van der Waals surface area contributed by atoms with Gasteiger partial charge in [-0.3, -0.25) is 4.79 Å². The molecule has 0 N–H and O–H groups in total. The lowest BCUT2D eigenvalue weighted by Crippen LogP contribution is -2.26. The molecule has 0 heterocycles. The van der Waals surface area contributed by atoms with E-state index >= 15 is 0 Å². The number of alkyl halides is 1. The lowest BCUT2D eigenvalue weighted by Gasteiger charge is -2.12. The molecule has 0 saturated heterocycles. The third kappa shape index (κ3) is 2.82. The molecule has 0 aliphatic rings. The Morgan fingerprint density at radius 3 is 2.28 bits per heavy atom. The summed E-state index contributed by atoms with van der Waals surface area (Å²) >= 11 is 5.76. The van der Waals surface area contributed by atoms with Crippen molar-refractivity contribution in [1.29, 1.82) is 0 Å². The second-order valence-electron chi connectivity index (χ2n) is 3.89. The van der Waals surface area contributed by atoms with Crippen LogP contribution in [0.25, 0.3) is 0 Å². The first-order valence-electron chi connectivity index (χ1n) is 5.33. The van der Waals surface area contributed by atoms with E-state index in [1.807, 2.05) is 6.92 Å². The number of ketones is 1. The summed E-state index contributed by atoms with van der Waals surface area (Å²) in [5.74, 6) is -0.533. The van der Waals surface area contributed by atoms with Crippen molar-refractivity contribution in [2.45, 2.75) is 19.2 Å². The van der Waals surface area contributed by atoms with Crippen molar-refractivity contribution >= 4 is 23.4 Å². The Morgan fingerprint density at radius 1 is 1.17 bits per heavy atom. The number of rotatable bonds is 4. The number of esters is 1. The van der Waals surface area contributed by atoms with Crippen LogP contribution in [0.4, 0.5) is 0 Å². The Bertz CT molecular complexity index is 482. The van der Waals surface area contributed by atoms with Crippen LogP contribution in [-0.4, -0.2) is 31.3 Å². The molecular formula is C13H15ClO4. The molecule has 98 valence electrons. The first-order chi connectivity index (χ1) is 8.42. The van der Waals surface area contributed by atoms with Gasteiger partial charge in [0.2, 0.25) is 0 Å². The maximum atomic E-state index is 12.0. The van der Waals surface area contributed by atoms with Gasteiger partial charge in [0.25, 0.3) is 0 Å². The molecule has 0 fully saturated rings. The van der Waals surface area contributed by atoms with Gasteiger partial charge in [-0.15, -0.1) is 11.6 Å². The average Bonchev–Trinajstić information content (AvgIpc) is 2.38. The van der Waals surface area contributed by atoms with E-state index in [0.29, 0.717) is 16.9 Å². The smallest absolute Gasteiger partial charge is 0.331 e. The van der Waals surface area contributed by atoms with Crippen LogP contribution in [0.2, 0.25) is 0 Å². The number of Topliss-reactive ketones (excluding diaryl/α,β-unsaturated/α-hetero) is 1. The molecule has 0 aromatic heterocycles. The molecule has 0 bridgehead atoms. The molecule has 0 radical (unpaired) electrons. The van der Waals surface area contributed by atoms with Crippen LogP contribution in [0.5, 0.6) is 5.75 Å². The fraction of sp³-hybridized carbons (Fsp3) is 0.385. The van der Waals surface area contributed by atoms with Crippen molar-refractivity contribution in [3.05, 3.63) is 28.8 Å². The van der Waals surface area contributed by atoms with Crippen LogP contribution in [0.3, 0.4) is 0 Å². The quantitative estimate of drug-likeness (QED) is 0.365. The number of benzene rings is 1. The molecule has 0 spiro atoms. The topological polar surface area (TPSA) is 52.6 Å². The maximum absolute atomic E-state index is 12.0. The molecule has 18 heavy (non-hydrogen) atoms. The Hall–Kier alpha value is -1.55. The first-order valence-corrected chi connectivity index (χ1v) is 5.77. The fourth-order valence-electron chi connectivity index (χ4n) is 1.62. The Labute approximate surface area is 111 Å². The summed E-state index contributed by atoms with van der Waals surface area (Å²) in [6.07, 6.45) is 0. The molecule has 1 atom stereocenters. The van der Waals surface area contributed by atoms with Crippen molar-refractivity contribution in [3.8, 4) is 5.75 Å². The average molecular weight is 271 g/mol. The highest BCUT2D eigenvalue weighted by atomic mass is 35.5. The number of ether oxygens (including phenoxy) is 2. The summed E-state index contributed by atoms with van der Waals surface area (Å²) in [7, 11) is 2.75. The van der Waals surface area contributed by atoms with Crippen LogP contribution < -0.4 is 4.74 Å². The van der Waals surface area contributed by atoms with E-state index in [0.717, 1.165) is 5.56 Å². The zero-order valence-corrected chi connectivity index (χ0v) is 11.5. The molecule has 0 saturated carbocycles. The van der Waals surface area contributed by atoms with E-state index in [4.69, 9.17) is 16.3 Å². The zero-order chi connectivity index (χ0) is 13.9. The molecule has 1 unspecified atom stereocenters. The van der Waals surface area contributed by atoms with E-state index in [2.05, 4.69) is 4.74 Å². The Morgan fingerprint density at radius 2 is 1.78 bits per heavy atom. The van der Waals surface area contributed by atoms with Crippen LogP contribution >= 0.6 is 11.6 Å². The largest absolute Gasteiger partial charge is 0.496 e. The molecular weight excluding hydrogens is 256 g/mol. The SMILES string of the molecule is COC(=O)C(Cl)C(=O)c1cc(C)c(OC)cc1C. The van der Waals surface area contributed by atoms with Crippen molar-refractivity contribution in [3.63, 3.8) is 0 Å². The minimum Gasteiger partial charge on any atom is -0.496 e. The van der Waals surface area contributed by atoms with Gasteiger partial charge in [0.1, 0.15) is 5.75 Å². The van der Waals surface area contributed by atoms with Crippen molar-refractivity contribution < 1.29 is 19.1 Å². The van der Waals surface area contributed by atoms with E-state index in [1.54, 1.807) is 26.2 Å². The first kappa shape index (κ1) is 14.5. The second-order valence-corrected chi connectivity index (χ2v) is 4.32. The lowest BCUT2D eigenvalue weighted by molar-refractivity contribution is -0.139. The normalized spacial score (nSPS) is 11.8. The molecule has 0 aliphatic heterocycles. The van der Waals surface area contributed by atoms with E-state index in [-0.39, 0.29) is 0 Å². The Balaban J connectivity index is 3.14. The van der Waals surface area contributed by atoms with Gasteiger partial charge in [0.15, 0.2) is 11.2 Å². The van der Waals surface area contributed by atoms with Gasteiger partial charge in [-0.05, 0) is 37.1 Å². The number of hydrogen-bond donors (Lipinski definition) is 0.